The molecule has 0 rings (SSSR count). The maximum absolute atomic E-state index is 8.76. The van der Waals surface area contributed by atoms with Gasteiger partial charge in [0.05, 0.1) is 18.3 Å². The van der Waals surface area contributed by atoms with Crippen molar-refractivity contribution in [1.82, 2.24) is 5.32 Å². The highest BCUT2D eigenvalue weighted by atomic mass is 16.5. The molecule has 0 aromatic rings. The van der Waals surface area contributed by atoms with Gasteiger partial charge in [0, 0.05) is 0 Å². The van der Waals surface area contributed by atoms with E-state index in [1.807, 2.05) is 20.8 Å². The van der Waals surface area contributed by atoms with Crippen LogP contribution >= 0.6 is 0 Å². The van der Waals surface area contributed by atoms with Crippen LogP contribution < -0.4 is 5.32 Å². The normalized spacial score (nSPS) is 13.8. The summed E-state index contributed by atoms with van der Waals surface area (Å²) in [6, 6.07) is 1.99. The van der Waals surface area contributed by atoms with E-state index in [9.17, 15) is 0 Å². The van der Waals surface area contributed by atoms with Crippen molar-refractivity contribution in [2.45, 2.75) is 45.8 Å². The second-order valence-corrected chi connectivity index (χ2v) is 4.06. The molecule has 1 unspecified atom stereocenters. The van der Waals surface area contributed by atoms with Gasteiger partial charge in [-0.15, -0.1) is 0 Å². The first-order chi connectivity index (χ1) is 5.99. The zero-order valence-electron chi connectivity index (χ0n) is 9.05. The van der Waals surface area contributed by atoms with Crippen LogP contribution in [0, 0.1) is 11.3 Å². The standard InChI is InChI=1S/C10H20N2O/c1-5-6-12-9(7-11)8-13-10(2,3)4/h9,12H,5-6,8H2,1-4H3. The fourth-order valence-corrected chi connectivity index (χ4v) is 0.794. The van der Waals surface area contributed by atoms with Gasteiger partial charge in [0.1, 0.15) is 6.04 Å². The molecule has 76 valence electrons. The average Bonchev–Trinajstić information content (AvgIpc) is 2.03. The fraction of sp³-hybridized carbons (Fsp3) is 0.900. The lowest BCUT2D eigenvalue weighted by Crippen LogP contribution is -2.35. The van der Waals surface area contributed by atoms with E-state index in [0.29, 0.717) is 6.61 Å². The lowest BCUT2D eigenvalue weighted by Gasteiger charge is -2.21. The molecule has 0 aliphatic heterocycles. The van der Waals surface area contributed by atoms with Crippen LogP contribution in [0.3, 0.4) is 0 Å². The van der Waals surface area contributed by atoms with Crippen LogP contribution in [-0.2, 0) is 4.74 Å². The summed E-state index contributed by atoms with van der Waals surface area (Å²) in [5, 5.41) is 11.9. The van der Waals surface area contributed by atoms with Crippen molar-refractivity contribution in [1.29, 1.82) is 5.26 Å². The largest absolute Gasteiger partial charge is 0.373 e. The minimum Gasteiger partial charge on any atom is -0.373 e. The predicted molar refractivity (Wildman–Crippen MR) is 53.4 cm³/mol. The van der Waals surface area contributed by atoms with Crippen molar-refractivity contribution in [3.8, 4) is 6.07 Å². The monoisotopic (exact) mass is 184 g/mol. The first kappa shape index (κ1) is 12.4. The lowest BCUT2D eigenvalue weighted by molar-refractivity contribution is -0.00804. The van der Waals surface area contributed by atoms with E-state index in [-0.39, 0.29) is 11.6 Å². The number of nitrogens with one attached hydrogen (secondary N) is 1. The van der Waals surface area contributed by atoms with Crippen molar-refractivity contribution in [3.05, 3.63) is 0 Å². The fourth-order valence-electron chi connectivity index (χ4n) is 0.794. The molecule has 0 fully saturated rings. The summed E-state index contributed by atoms with van der Waals surface area (Å²) in [6.07, 6.45) is 1.04. The van der Waals surface area contributed by atoms with Crippen LogP contribution in [0.4, 0.5) is 0 Å². The van der Waals surface area contributed by atoms with E-state index < -0.39 is 0 Å². The Hall–Kier alpha value is -0.590. The molecule has 1 N–H and O–H groups in total. The quantitative estimate of drug-likeness (QED) is 0.707. The highest BCUT2D eigenvalue weighted by Crippen LogP contribution is 2.06. The van der Waals surface area contributed by atoms with E-state index in [1.165, 1.54) is 0 Å². The Balaban J connectivity index is 3.68. The van der Waals surface area contributed by atoms with E-state index in [4.69, 9.17) is 10.00 Å². The summed E-state index contributed by atoms with van der Waals surface area (Å²) in [5.74, 6) is 0. The van der Waals surface area contributed by atoms with Gasteiger partial charge in [0.15, 0.2) is 0 Å². The van der Waals surface area contributed by atoms with Gasteiger partial charge in [-0.2, -0.15) is 5.26 Å². The summed E-state index contributed by atoms with van der Waals surface area (Å²) in [6.45, 7) is 9.36. The minimum absolute atomic E-state index is 0.164. The number of ether oxygens (including phenoxy) is 1. The molecule has 0 aliphatic rings. The Kier molecular flexibility index (Phi) is 5.68. The van der Waals surface area contributed by atoms with E-state index >= 15 is 0 Å². The molecule has 0 aromatic heterocycles. The Morgan fingerprint density at radius 2 is 2.08 bits per heavy atom. The molecular weight excluding hydrogens is 164 g/mol. The zero-order valence-corrected chi connectivity index (χ0v) is 9.05. The zero-order chi connectivity index (χ0) is 10.3. The predicted octanol–water partition coefficient (Wildman–Crippen LogP) is 1.69. The van der Waals surface area contributed by atoms with Crippen molar-refractivity contribution >= 4 is 0 Å². The Bertz CT molecular complexity index is 167. The molecule has 0 amide bonds. The molecule has 3 heteroatoms. The highest BCUT2D eigenvalue weighted by Gasteiger charge is 2.13. The van der Waals surface area contributed by atoms with E-state index in [1.54, 1.807) is 0 Å². The number of rotatable bonds is 5. The van der Waals surface area contributed by atoms with Gasteiger partial charge in [0.25, 0.3) is 0 Å². The van der Waals surface area contributed by atoms with Crippen LogP contribution in [0.25, 0.3) is 0 Å². The number of nitrogens with zero attached hydrogens (tertiary/aromatic N) is 1. The van der Waals surface area contributed by atoms with Gasteiger partial charge in [-0.1, -0.05) is 6.92 Å². The van der Waals surface area contributed by atoms with Gasteiger partial charge in [-0.05, 0) is 33.7 Å². The van der Waals surface area contributed by atoms with Crippen molar-refractivity contribution in [2.24, 2.45) is 0 Å². The van der Waals surface area contributed by atoms with Gasteiger partial charge >= 0.3 is 0 Å². The number of nitriles is 1. The van der Waals surface area contributed by atoms with Crippen LogP contribution in [0.2, 0.25) is 0 Å². The van der Waals surface area contributed by atoms with Crippen LogP contribution in [0.15, 0.2) is 0 Å². The molecule has 0 bridgehead atoms. The minimum atomic E-state index is -0.181. The van der Waals surface area contributed by atoms with Crippen LogP contribution in [0.1, 0.15) is 34.1 Å². The van der Waals surface area contributed by atoms with Crippen molar-refractivity contribution < 1.29 is 4.74 Å². The Labute approximate surface area is 81.1 Å². The summed E-state index contributed by atoms with van der Waals surface area (Å²) >= 11 is 0. The molecule has 1 atom stereocenters. The highest BCUT2D eigenvalue weighted by molar-refractivity contribution is 4.89. The molecule has 0 saturated heterocycles. The van der Waals surface area contributed by atoms with E-state index in [0.717, 1.165) is 13.0 Å². The van der Waals surface area contributed by atoms with Gasteiger partial charge in [-0.25, -0.2) is 0 Å². The summed E-state index contributed by atoms with van der Waals surface area (Å²) in [4.78, 5) is 0. The first-order valence-corrected chi connectivity index (χ1v) is 4.76. The summed E-state index contributed by atoms with van der Waals surface area (Å²) in [7, 11) is 0. The molecule has 13 heavy (non-hydrogen) atoms. The molecule has 0 radical (unpaired) electrons. The SMILES string of the molecule is CCCNC(C#N)COC(C)(C)C. The summed E-state index contributed by atoms with van der Waals surface area (Å²) < 4.78 is 5.49. The summed E-state index contributed by atoms with van der Waals surface area (Å²) in [5.41, 5.74) is -0.164. The second-order valence-electron chi connectivity index (χ2n) is 4.06. The second kappa shape index (κ2) is 5.95. The van der Waals surface area contributed by atoms with Crippen LogP contribution in [0.5, 0.6) is 0 Å². The van der Waals surface area contributed by atoms with Crippen molar-refractivity contribution in [2.75, 3.05) is 13.2 Å². The van der Waals surface area contributed by atoms with Crippen molar-refractivity contribution in [3.63, 3.8) is 0 Å². The van der Waals surface area contributed by atoms with Gasteiger partial charge in [-0.3, -0.25) is 0 Å². The molecule has 0 aliphatic carbocycles. The van der Waals surface area contributed by atoms with Gasteiger partial charge < -0.3 is 10.1 Å². The third-order valence-electron chi connectivity index (χ3n) is 1.48. The maximum atomic E-state index is 8.76. The Morgan fingerprint density at radius 1 is 1.46 bits per heavy atom. The average molecular weight is 184 g/mol. The number of hydrogen-bond donors (Lipinski definition) is 1. The molecule has 0 aromatic carbocycles. The lowest BCUT2D eigenvalue weighted by atomic mass is 10.2. The van der Waals surface area contributed by atoms with E-state index in [2.05, 4.69) is 18.3 Å². The molecule has 3 nitrogen and oxygen atoms in total. The first-order valence-electron chi connectivity index (χ1n) is 4.76. The number of hydrogen-bond acceptors (Lipinski definition) is 3. The molecular formula is C10H20N2O. The molecule has 0 spiro atoms. The van der Waals surface area contributed by atoms with Gasteiger partial charge in [0.2, 0.25) is 0 Å². The third kappa shape index (κ3) is 7.76. The molecule has 0 heterocycles. The topological polar surface area (TPSA) is 45.0 Å². The third-order valence-corrected chi connectivity index (χ3v) is 1.48. The Morgan fingerprint density at radius 3 is 2.46 bits per heavy atom. The smallest absolute Gasteiger partial charge is 0.119 e. The van der Waals surface area contributed by atoms with Crippen LogP contribution in [-0.4, -0.2) is 24.8 Å². The maximum Gasteiger partial charge on any atom is 0.119 e. The molecule has 0 saturated carbocycles.